The molecule has 0 unspecified atom stereocenters. The molecule has 0 radical (unpaired) electrons. The Kier molecular flexibility index (Phi) is 4.72. The third kappa shape index (κ3) is 3.54. The molecule has 0 spiro atoms. The van der Waals surface area contributed by atoms with Crippen molar-refractivity contribution in [3.63, 3.8) is 0 Å². The van der Waals surface area contributed by atoms with Crippen molar-refractivity contribution in [3.8, 4) is 11.1 Å². The smallest absolute Gasteiger partial charge is 0.323 e. The number of fused-ring (bicyclic) bond motifs is 1. The molecule has 0 atom stereocenters. The van der Waals surface area contributed by atoms with Crippen molar-refractivity contribution >= 4 is 16.9 Å². The van der Waals surface area contributed by atoms with Gasteiger partial charge in [0.15, 0.2) is 0 Å². The second kappa shape index (κ2) is 7.35. The molecule has 0 fully saturated rings. The number of nitrogens with zero attached hydrogens (tertiary/aromatic N) is 3. The predicted molar refractivity (Wildman–Crippen MR) is 107 cm³/mol. The maximum atomic E-state index is 14.0. The second-order valence-corrected chi connectivity index (χ2v) is 6.84. The van der Waals surface area contributed by atoms with Gasteiger partial charge in [-0.05, 0) is 48.9 Å². The Balaban J connectivity index is 1.90. The molecule has 7 heteroatoms. The first kappa shape index (κ1) is 18.6. The Morgan fingerprint density at radius 3 is 2.62 bits per heavy atom. The summed E-state index contributed by atoms with van der Waals surface area (Å²) in [5.74, 6) is -1.39. The van der Waals surface area contributed by atoms with E-state index >= 15 is 0 Å². The second-order valence-electron chi connectivity index (χ2n) is 6.84. The van der Waals surface area contributed by atoms with Gasteiger partial charge in [-0.15, -0.1) is 0 Å². The fraction of sp³-hybridized carbons (Fsp3) is 0.136. The third-order valence-electron chi connectivity index (χ3n) is 4.95. The summed E-state index contributed by atoms with van der Waals surface area (Å²) in [6, 6.07) is 11.1. The van der Waals surface area contributed by atoms with Crippen molar-refractivity contribution < 1.29 is 14.3 Å². The number of pyridine rings is 2. The van der Waals surface area contributed by atoms with Crippen molar-refractivity contribution in [3.05, 3.63) is 88.5 Å². The third-order valence-corrected chi connectivity index (χ3v) is 4.95. The van der Waals surface area contributed by atoms with Crippen LogP contribution in [0.25, 0.3) is 22.0 Å². The van der Waals surface area contributed by atoms with Crippen LogP contribution in [0.5, 0.6) is 0 Å². The zero-order valence-corrected chi connectivity index (χ0v) is 15.7. The number of benzene rings is 1. The summed E-state index contributed by atoms with van der Waals surface area (Å²) in [4.78, 5) is 27.7. The Bertz CT molecular complexity index is 1280. The maximum absolute atomic E-state index is 14.0. The van der Waals surface area contributed by atoms with Gasteiger partial charge < -0.3 is 14.2 Å². The van der Waals surface area contributed by atoms with E-state index in [9.17, 15) is 19.1 Å². The molecule has 0 aliphatic rings. The van der Waals surface area contributed by atoms with Gasteiger partial charge in [0.1, 0.15) is 12.4 Å². The fourth-order valence-corrected chi connectivity index (χ4v) is 3.65. The highest BCUT2D eigenvalue weighted by Crippen LogP contribution is 2.34. The van der Waals surface area contributed by atoms with Gasteiger partial charge in [0, 0.05) is 52.4 Å². The minimum atomic E-state index is -0.983. The molecule has 4 aromatic rings. The maximum Gasteiger partial charge on any atom is 0.323 e. The summed E-state index contributed by atoms with van der Waals surface area (Å²) in [5, 5.41) is 9.89. The van der Waals surface area contributed by atoms with Crippen molar-refractivity contribution in [1.29, 1.82) is 0 Å². The largest absolute Gasteiger partial charge is 0.480 e. The summed E-state index contributed by atoms with van der Waals surface area (Å²) < 4.78 is 17.2. The van der Waals surface area contributed by atoms with Crippen LogP contribution in [0.3, 0.4) is 0 Å². The van der Waals surface area contributed by atoms with Gasteiger partial charge in [0.05, 0.1) is 6.54 Å². The lowest BCUT2D eigenvalue weighted by Crippen LogP contribution is -2.19. The number of rotatable bonds is 5. The van der Waals surface area contributed by atoms with Crippen molar-refractivity contribution in [2.24, 2.45) is 0 Å². The molecule has 1 N–H and O–H groups in total. The van der Waals surface area contributed by atoms with Gasteiger partial charge in [0.25, 0.3) is 5.56 Å². The minimum Gasteiger partial charge on any atom is -0.480 e. The molecule has 29 heavy (non-hydrogen) atoms. The molecule has 0 aliphatic heterocycles. The Labute approximate surface area is 165 Å². The highest BCUT2D eigenvalue weighted by Gasteiger charge is 2.18. The van der Waals surface area contributed by atoms with Gasteiger partial charge >= 0.3 is 5.97 Å². The van der Waals surface area contributed by atoms with E-state index in [1.54, 1.807) is 46.8 Å². The Morgan fingerprint density at radius 2 is 1.90 bits per heavy atom. The highest BCUT2D eigenvalue weighted by atomic mass is 19.1. The van der Waals surface area contributed by atoms with E-state index in [1.807, 2.05) is 12.1 Å². The molecule has 0 saturated heterocycles. The van der Waals surface area contributed by atoms with E-state index in [-0.39, 0.29) is 12.1 Å². The average Bonchev–Trinajstić information content (AvgIpc) is 2.95. The Hall–Kier alpha value is -3.74. The molecule has 3 aromatic heterocycles. The van der Waals surface area contributed by atoms with Crippen LogP contribution in [0.15, 0.2) is 65.8 Å². The number of carbonyl (C=O) groups is 1. The topological polar surface area (TPSA) is 77.1 Å². The lowest BCUT2D eigenvalue weighted by atomic mass is 10.0. The van der Waals surface area contributed by atoms with Gasteiger partial charge in [-0.1, -0.05) is 0 Å². The van der Waals surface area contributed by atoms with Gasteiger partial charge in [-0.3, -0.25) is 14.6 Å². The van der Waals surface area contributed by atoms with Crippen molar-refractivity contribution in [2.45, 2.75) is 20.0 Å². The summed E-state index contributed by atoms with van der Waals surface area (Å²) >= 11 is 0. The molecule has 0 aliphatic carbocycles. The Morgan fingerprint density at radius 1 is 1.14 bits per heavy atom. The summed E-state index contributed by atoms with van der Waals surface area (Å²) in [7, 11) is 0. The quantitative estimate of drug-likeness (QED) is 0.565. The number of halogens is 1. The van der Waals surface area contributed by atoms with E-state index in [1.165, 1.54) is 18.2 Å². The monoisotopic (exact) mass is 391 g/mol. The van der Waals surface area contributed by atoms with Crippen LogP contribution in [0.4, 0.5) is 4.39 Å². The van der Waals surface area contributed by atoms with E-state index in [4.69, 9.17) is 0 Å². The van der Waals surface area contributed by atoms with E-state index in [0.29, 0.717) is 28.7 Å². The molecular weight excluding hydrogens is 373 g/mol. The molecule has 0 amide bonds. The van der Waals surface area contributed by atoms with E-state index < -0.39 is 11.8 Å². The van der Waals surface area contributed by atoms with Crippen LogP contribution < -0.4 is 5.56 Å². The first-order chi connectivity index (χ1) is 13.9. The molecule has 0 bridgehead atoms. The molecular formula is C22H18FN3O3. The number of hydrogen-bond donors (Lipinski definition) is 1. The molecule has 3 heterocycles. The molecule has 146 valence electrons. The van der Waals surface area contributed by atoms with Crippen molar-refractivity contribution in [2.75, 3.05) is 0 Å². The van der Waals surface area contributed by atoms with Crippen molar-refractivity contribution in [1.82, 2.24) is 14.1 Å². The standard InChI is InChI=1S/C22H18FN3O3/c1-14-22(18-10-17(23)3-4-19(18)26(14)13-21(28)29)16-2-5-20(27)25(12-16)11-15-6-8-24-9-7-15/h2-10,12H,11,13H2,1H3,(H,28,29). The zero-order valence-electron chi connectivity index (χ0n) is 15.7. The predicted octanol–water partition coefficient (Wildman–Crippen LogP) is 3.45. The molecule has 1 aromatic carbocycles. The number of carboxylic acid groups (broad SMARTS) is 1. The summed E-state index contributed by atoms with van der Waals surface area (Å²) in [6.45, 7) is 1.94. The van der Waals surface area contributed by atoms with Crippen LogP contribution in [-0.4, -0.2) is 25.2 Å². The lowest BCUT2D eigenvalue weighted by molar-refractivity contribution is -0.137. The van der Waals surface area contributed by atoms with Crippen LogP contribution >= 0.6 is 0 Å². The first-order valence-corrected chi connectivity index (χ1v) is 9.04. The zero-order chi connectivity index (χ0) is 20.5. The van der Waals surface area contributed by atoms with Crippen LogP contribution in [0.2, 0.25) is 0 Å². The normalized spacial score (nSPS) is 11.1. The van der Waals surface area contributed by atoms with Crippen LogP contribution in [0, 0.1) is 12.7 Å². The van der Waals surface area contributed by atoms with E-state index in [0.717, 1.165) is 11.1 Å². The van der Waals surface area contributed by atoms with Gasteiger partial charge in [0.2, 0.25) is 0 Å². The number of aliphatic carboxylic acids is 1. The molecule has 6 nitrogen and oxygen atoms in total. The van der Waals surface area contributed by atoms with Crippen LogP contribution in [0.1, 0.15) is 11.3 Å². The van der Waals surface area contributed by atoms with E-state index in [2.05, 4.69) is 4.98 Å². The number of carboxylic acids is 1. The average molecular weight is 391 g/mol. The number of hydrogen-bond acceptors (Lipinski definition) is 3. The molecule has 0 saturated carbocycles. The lowest BCUT2D eigenvalue weighted by Gasteiger charge is -2.10. The minimum absolute atomic E-state index is 0.163. The van der Waals surface area contributed by atoms with Gasteiger partial charge in [-0.25, -0.2) is 4.39 Å². The van der Waals surface area contributed by atoms with Gasteiger partial charge in [-0.2, -0.15) is 0 Å². The summed E-state index contributed by atoms with van der Waals surface area (Å²) in [6.07, 6.45) is 5.05. The summed E-state index contributed by atoms with van der Waals surface area (Å²) in [5.41, 5.74) is 3.52. The molecule has 4 rings (SSSR count). The first-order valence-electron chi connectivity index (χ1n) is 9.04. The number of aromatic nitrogens is 3. The SMILES string of the molecule is Cc1c(-c2ccc(=O)n(Cc3ccncc3)c2)c2cc(F)ccc2n1CC(=O)O. The highest BCUT2D eigenvalue weighted by molar-refractivity contribution is 5.98. The van der Waals surface area contributed by atoms with Crippen LogP contribution in [-0.2, 0) is 17.9 Å². The fourth-order valence-electron chi connectivity index (χ4n) is 3.65.